The van der Waals surface area contributed by atoms with Crippen LogP contribution in [-0.4, -0.2) is 11.8 Å². The number of aromatic nitrogens is 1. The summed E-state index contributed by atoms with van der Waals surface area (Å²) in [5.41, 5.74) is 3.03. The van der Waals surface area contributed by atoms with E-state index in [0.29, 0.717) is 0 Å². The van der Waals surface area contributed by atoms with Crippen molar-refractivity contribution >= 4 is 22.2 Å². The maximum atomic E-state index is 5.37. The molecule has 0 fully saturated rings. The molecule has 3 aromatic rings. The second kappa shape index (κ2) is 5.10. The molecule has 2 heterocycles. The number of ether oxygens (including phenoxy) is 2. The molecule has 0 radical (unpaired) electrons. The third kappa shape index (κ3) is 2.43. The van der Waals surface area contributed by atoms with Crippen molar-refractivity contribution in [3.8, 4) is 22.8 Å². The molecule has 1 aliphatic heterocycles. The minimum absolute atomic E-state index is 0.286. The molecule has 4 rings (SSSR count). The minimum atomic E-state index is 0.286. The Balaban J connectivity index is 1.57. The predicted molar refractivity (Wildman–Crippen MR) is 83.4 cm³/mol. The van der Waals surface area contributed by atoms with Crippen LogP contribution in [0.5, 0.6) is 11.5 Å². The summed E-state index contributed by atoms with van der Waals surface area (Å²) in [5.74, 6) is 1.55. The molecule has 0 atom stereocenters. The van der Waals surface area contributed by atoms with Gasteiger partial charge in [-0.05, 0) is 12.1 Å². The number of benzene rings is 2. The number of hydrogen-bond donors (Lipinski definition) is 1. The number of rotatable bonds is 3. The van der Waals surface area contributed by atoms with E-state index in [1.54, 1.807) is 11.3 Å². The molecule has 5 heteroatoms. The number of anilines is 2. The van der Waals surface area contributed by atoms with Gasteiger partial charge in [-0.1, -0.05) is 30.3 Å². The van der Waals surface area contributed by atoms with E-state index in [4.69, 9.17) is 9.47 Å². The SMILES string of the molecule is c1ccc(-c2csc(Nc3ccc4c(c3)OCO4)n2)cc1. The number of hydrogen-bond acceptors (Lipinski definition) is 5. The zero-order chi connectivity index (χ0) is 14.1. The van der Waals surface area contributed by atoms with Crippen molar-refractivity contribution < 1.29 is 9.47 Å². The molecule has 0 amide bonds. The number of fused-ring (bicyclic) bond motifs is 1. The maximum absolute atomic E-state index is 5.37. The van der Waals surface area contributed by atoms with E-state index < -0.39 is 0 Å². The van der Waals surface area contributed by atoms with Crippen molar-refractivity contribution in [1.29, 1.82) is 0 Å². The Labute approximate surface area is 126 Å². The molecule has 1 aliphatic rings. The minimum Gasteiger partial charge on any atom is -0.454 e. The highest BCUT2D eigenvalue weighted by atomic mass is 32.1. The lowest BCUT2D eigenvalue weighted by atomic mass is 10.2. The van der Waals surface area contributed by atoms with Crippen LogP contribution in [0, 0.1) is 0 Å². The highest BCUT2D eigenvalue weighted by molar-refractivity contribution is 7.14. The van der Waals surface area contributed by atoms with Crippen LogP contribution in [0.3, 0.4) is 0 Å². The molecule has 104 valence electrons. The first-order chi connectivity index (χ1) is 10.4. The lowest BCUT2D eigenvalue weighted by Gasteiger charge is -2.03. The van der Waals surface area contributed by atoms with Crippen LogP contribution < -0.4 is 14.8 Å². The first kappa shape index (κ1) is 12.2. The van der Waals surface area contributed by atoms with E-state index in [2.05, 4.69) is 22.4 Å². The fourth-order valence-electron chi connectivity index (χ4n) is 2.17. The maximum Gasteiger partial charge on any atom is 0.231 e. The van der Waals surface area contributed by atoms with Gasteiger partial charge in [0.1, 0.15) is 0 Å². The largest absolute Gasteiger partial charge is 0.454 e. The average molecular weight is 296 g/mol. The van der Waals surface area contributed by atoms with Gasteiger partial charge in [0.2, 0.25) is 6.79 Å². The van der Waals surface area contributed by atoms with Crippen LogP contribution in [0.25, 0.3) is 11.3 Å². The lowest BCUT2D eigenvalue weighted by Crippen LogP contribution is -1.93. The van der Waals surface area contributed by atoms with Gasteiger partial charge in [-0.3, -0.25) is 0 Å². The Kier molecular flexibility index (Phi) is 2.97. The third-order valence-corrected chi connectivity index (χ3v) is 3.96. The molecule has 21 heavy (non-hydrogen) atoms. The predicted octanol–water partition coefficient (Wildman–Crippen LogP) is 4.28. The van der Waals surface area contributed by atoms with E-state index in [0.717, 1.165) is 33.6 Å². The Morgan fingerprint density at radius 3 is 2.76 bits per heavy atom. The molecule has 0 unspecified atom stereocenters. The van der Waals surface area contributed by atoms with E-state index in [1.165, 1.54) is 0 Å². The summed E-state index contributed by atoms with van der Waals surface area (Å²) in [7, 11) is 0. The van der Waals surface area contributed by atoms with Gasteiger partial charge in [0.15, 0.2) is 16.6 Å². The number of nitrogens with zero attached hydrogens (tertiary/aromatic N) is 1. The van der Waals surface area contributed by atoms with Crippen LogP contribution in [0.2, 0.25) is 0 Å². The molecule has 2 aromatic carbocycles. The van der Waals surface area contributed by atoms with Crippen molar-refractivity contribution in [1.82, 2.24) is 4.98 Å². The Morgan fingerprint density at radius 1 is 1.00 bits per heavy atom. The number of nitrogens with one attached hydrogen (secondary N) is 1. The fraction of sp³-hybridized carbons (Fsp3) is 0.0625. The van der Waals surface area contributed by atoms with Gasteiger partial charge < -0.3 is 14.8 Å². The lowest BCUT2D eigenvalue weighted by molar-refractivity contribution is 0.174. The standard InChI is InChI=1S/C16H12N2O2S/c1-2-4-11(5-3-1)13-9-21-16(18-13)17-12-6-7-14-15(8-12)20-10-19-14/h1-9H,10H2,(H,17,18). The van der Waals surface area contributed by atoms with Crippen LogP contribution in [-0.2, 0) is 0 Å². The summed E-state index contributed by atoms with van der Waals surface area (Å²) < 4.78 is 10.7. The van der Waals surface area contributed by atoms with Crippen molar-refractivity contribution in [3.63, 3.8) is 0 Å². The van der Waals surface area contributed by atoms with E-state index in [1.807, 2.05) is 41.8 Å². The second-order valence-electron chi connectivity index (χ2n) is 4.60. The molecule has 0 aliphatic carbocycles. The zero-order valence-electron chi connectivity index (χ0n) is 11.1. The van der Waals surface area contributed by atoms with E-state index >= 15 is 0 Å². The second-order valence-corrected chi connectivity index (χ2v) is 5.46. The van der Waals surface area contributed by atoms with Gasteiger partial charge in [-0.15, -0.1) is 11.3 Å². The molecule has 1 aromatic heterocycles. The first-order valence-corrected chi connectivity index (χ1v) is 7.44. The third-order valence-electron chi connectivity index (χ3n) is 3.20. The molecule has 4 nitrogen and oxygen atoms in total. The normalized spacial score (nSPS) is 12.4. The van der Waals surface area contributed by atoms with Crippen LogP contribution in [0.4, 0.5) is 10.8 Å². The highest BCUT2D eigenvalue weighted by Crippen LogP contribution is 2.35. The molecule has 0 bridgehead atoms. The average Bonchev–Trinajstić information content (AvgIpc) is 3.17. The summed E-state index contributed by atoms with van der Waals surface area (Å²) in [6, 6.07) is 15.9. The molecule has 0 saturated heterocycles. The van der Waals surface area contributed by atoms with Crippen LogP contribution in [0.1, 0.15) is 0 Å². The van der Waals surface area contributed by atoms with Gasteiger partial charge in [0, 0.05) is 22.7 Å². The summed E-state index contributed by atoms with van der Waals surface area (Å²) in [6.45, 7) is 0.286. The van der Waals surface area contributed by atoms with Gasteiger partial charge in [-0.2, -0.15) is 0 Å². The molecular weight excluding hydrogens is 284 g/mol. The van der Waals surface area contributed by atoms with Crippen molar-refractivity contribution in [3.05, 3.63) is 53.9 Å². The van der Waals surface area contributed by atoms with Gasteiger partial charge in [0.25, 0.3) is 0 Å². The van der Waals surface area contributed by atoms with Crippen molar-refractivity contribution in [2.24, 2.45) is 0 Å². The van der Waals surface area contributed by atoms with Crippen molar-refractivity contribution in [2.75, 3.05) is 12.1 Å². The topological polar surface area (TPSA) is 43.4 Å². The highest BCUT2D eigenvalue weighted by Gasteiger charge is 2.13. The Hall–Kier alpha value is -2.53. The zero-order valence-corrected chi connectivity index (χ0v) is 11.9. The molecule has 0 spiro atoms. The summed E-state index contributed by atoms with van der Waals surface area (Å²) in [6.07, 6.45) is 0. The van der Waals surface area contributed by atoms with Gasteiger partial charge in [0.05, 0.1) is 5.69 Å². The monoisotopic (exact) mass is 296 g/mol. The summed E-state index contributed by atoms with van der Waals surface area (Å²) >= 11 is 1.58. The smallest absolute Gasteiger partial charge is 0.231 e. The van der Waals surface area contributed by atoms with Gasteiger partial charge >= 0.3 is 0 Å². The molecular formula is C16H12N2O2S. The number of thiazole rings is 1. The van der Waals surface area contributed by atoms with E-state index in [-0.39, 0.29) is 6.79 Å². The van der Waals surface area contributed by atoms with Crippen molar-refractivity contribution in [2.45, 2.75) is 0 Å². The quantitative estimate of drug-likeness (QED) is 0.783. The van der Waals surface area contributed by atoms with Crippen LogP contribution in [0.15, 0.2) is 53.9 Å². The fourth-order valence-corrected chi connectivity index (χ4v) is 2.91. The molecule has 0 saturated carbocycles. The van der Waals surface area contributed by atoms with E-state index in [9.17, 15) is 0 Å². The summed E-state index contributed by atoms with van der Waals surface area (Å²) in [4.78, 5) is 4.60. The Bertz CT molecular complexity index is 771. The molecule has 1 N–H and O–H groups in total. The first-order valence-electron chi connectivity index (χ1n) is 6.56. The Morgan fingerprint density at radius 2 is 1.86 bits per heavy atom. The summed E-state index contributed by atoms with van der Waals surface area (Å²) in [5, 5.41) is 6.20. The van der Waals surface area contributed by atoms with Gasteiger partial charge in [-0.25, -0.2) is 4.98 Å². The van der Waals surface area contributed by atoms with Crippen LogP contribution >= 0.6 is 11.3 Å².